The summed E-state index contributed by atoms with van der Waals surface area (Å²) in [5.74, 6) is 0.863. The molecule has 1 amide bonds. The van der Waals surface area contributed by atoms with Crippen molar-refractivity contribution in [2.45, 2.75) is 20.3 Å². The molecule has 0 saturated carbocycles. The molecule has 0 atom stereocenters. The van der Waals surface area contributed by atoms with E-state index in [1.807, 2.05) is 6.92 Å². The summed E-state index contributed by atoms with van der Waals surface area (Å²) in [6.45, 7) is 3.64. The van der Waals surface area contributed by atoms with E-state index in [1.54, 1.807) is 25.1 Å². The molecule has 20 heavy (non-hydrogen) atoms. The van der Waals surface area contributed by atoms with Crippen LogP contribution in [0.3, 0.4) is 0 Å². The predicted molar refractivity (Wildman–Crippen MR) is 76.6 cm³/mol. The first-order valence-corrected chi connectivity index (χ1v) is 6.54. The molecule has 6 heteroatoms. The zero-order valence-corrected chi connectivity index (χ0v) is 12.2. The zero-order chi connectivity index (χ0) is 14.7. The van der Waals surface area contributed by atoms with Gasteiger partial charge in [0.2, 0.25) is 0 Å². The number of carbonyl (C=O) groups is 1. The van der Waals surface area contributed by atoms with Crippen molar-refractivity contribution in [2.75, 3.05) is 12.4 Å². The molecule has 1 heterocycles. The first-order chi connectivity index (χ1) is 9.56. The Balaban J connectivity index is 2.23. The standard InChI is InChI=1S/C14H15ClN2O3/c1-4-11-13(8(2)17-20-11)14(18)16-9-5-6-12(19-3)10(15)7-9/h5-7H,4H2,1-3H3,(H,16,18). The van der Waals surface area contributed by atoms with E-state index in [2.05, 4.69) is 10.5 Å². The van der Waals surface area contributed by atoms with Crippen molar-refractivity contribution in [1.82, 2.24) is 5.16 Å². The Morgan fingerprint density at radius 3 is 2.85 bits per heavy atom. The summed E-state index contributed by atoms with van der Waals surface area (Å²) < 4.78 is 10.2. The van der Waals surface area contributed by atoms with Gasteiger partial charge < -0.3 is 14.6 Å². The summed E-state index contributed by atoms with van der Waals surface area (Å²) in [7, 11) is 1.54. The summed E-state index contributed by atoms with van der Waals surface area (Å²) in [5, 5.41) is 7.02. The number of aryl methyl sites for hydroxylation is 2. The molecular weight excluding hydrogens is 280 g/mol. The van der Waals surface area contributed by atoms with Crippen LogP contribution in [-0.2, 0) is 6.42 Å². The molecule has 0 unspecified atom stereocenters. The third-order valence-electron chi connectivity index (χ3n) is 2.89. The summed E-state index contributed by atoms with van der Waals surface area (Å²) in [4.78, 5) is 12.3. The molecule has 0 radical (unpaired) electrons. The van der Waals surface area contributed by atoms with Crippen LogP contribution in [0.2, 0.25) is 5.02 Å². The summed E-state index contributed by atoms with van der Waals surface area (Å²) in [6.07, 6.45) is 0.604. The third kappa shape index (κ3) is 2.77. The number of nitrogens with zero attached hydrogens (tertiary/aromatic N) is 1. The number of carbonyl (C=O) groups excluding carboxylic acids is 1. The lowest BCUT2D eigenvalue weighted by Gasteiger charge is -2.08. The van der Waals surface area contributed by atoms with Gasteiger partial charge in [-0.2, -0.15) is 0 Å². The molecule has 0 aliphatic carbocycles. The number of ether oxygens (including phenoxy) is 1. The number of amides is 1. The van der Waals surface area contributed by atoms with Crippen molar-refractivity contribution in [3.8, 4) is 5.75 Å². The fourth-order valence-electron chi connectivity index (χ4n) is 1.89. The minimum Gasteiger partial charge on any atom is -0.495 e. The second-order valence-electron chi connectivity index (χ2n) is 4.22. The van der Waals surface area contributed by atoms with Crippen molar-refractivity contribution >= 4 is 23.2 Å². The normalized spacial score (nSPS) is 10.4. The molecule has 1 aromatic carbocycles. The van der Waals surface area contributed by atoms with Gasteiger partial charge in [-0.05, 0) is 25.1 Å². The van der Waals surface area contributed by atoms with Crippen LogP contribution in [0.4, 0.5) is 5.69 Å². The van der Waals surface area contributed by atoms with Crippen molar-refractivity contribution in [3.63, 3.8) is 0 Å². The number of nitrogens with one attached hydrogen (secondary N) is 1. The highest BCUT2D eigenvalue weighted by molar-refractivity contribution is 6.32. The Morgan fingerprint density at radius 1 is 1.50 bits per heavy atom. The Hall–Kier alpha value is -2.01. The van der Waals surface area contributed by atoms with E-state index in [-0.39, 0.29) is 5.91 Å². The van der Waals surface area contributed by atoms with E-state index in [0.717, 1.165) is 0 Å². The highest BCUT2D eigenvalue weighted by atomic mass is 35.5. The van der Waals surface area contributed by atoms with Crippen LogP contribution in [0.15, 0.2) is 22.7 Å². The number of benzene rings is 1. The number of rotatable bonds is 4. The molecule has 106 valence electrons. The lowest BCUT2D eigenvalue weighted by atomic mass is 10.1. The van der Waals surface area contributed by atoms with E-state index in [1.165, 1.54) is 7.11 Å². The molecule has 1 N–H and O–H groups in total. The monoisotopic (exact) mass is 294 g/mol. The van der Waals surface area contributed by atoms with Crippen LogP contribution in [0, 0.1) is 6.92 Å². The van der Waals surface area contributed by atoms with Crippen molar-refractivity contribution in [2.24, 2.45) is 0 Å². The molecule has 1 aromatic heterocycles. The predicted octanol–water partition coefficient (Wildman–Crippen LogP) is 3.46. The van der Waals surface area contributed by atoms with Gasteiger partial charge >= 0.3 is 0 Å². The average molecular weight is 295 g/mol. The van der Waals surface area contributed by atoms with Gasteiger partial charge in [0, 0.05) is 12.1 Å². The van der Waals surface area contributed by atoms with E-state index in [4.69, 9.17) is 20.9 Å². The summed E-state index contributed by atoms with van der Waals surface area (Å²) in [6, 6.07) is 5.04. The average Bonchev–Trinajstić information content (AvgIpc) is 2.80. The van der Waals surface area contributed by atoms with Crippen molar-refractivity contribution in [1.29, 1.82) is 0 Å². The fraction of sp³-hybridized carbons (Fsp3) is 0.286. The quantitative estimate of drug-likeness (QED) is 0.938. The molecule has 2 aromatic rings. The maximum absolute atomic E-state index is 12.3. The zero-order valence-electron chi connectivity index (χ0n) is 11.5. The molecule has 2 rings (SSSR count). The minimum absolute atomic E-state index is 0.262. The number of hydrogen-bond acceptors (Lipinski definition) is 4. The number of methoxy groups -OCH3 is 1. The third-order valence-corrected chi connectivity index (χ3v) is 3.19. The van der Waals surface area contributed by atoms with Crippen LogP contribution in [0.5, 0.6) is 5.75 Å². The molecule has 0 bridgehead atoms. The van der Waals surface area contributed by atoms with Gasteiger partial charge in [-0.1, -0.05) is 23.7 Å². The van der Waals surface area contributed by atoms with E-state index >= 15 is 0 Å². The number of hydrogen-bond donors (Lipinski definition) is 1. The van der Waals surface area contributed by atoms with E-state index in [9.17, 15) is 4.79 Å². The van der Waals surface area contributed by atoms with Gasteiger partial charge in [-0.25, -0.2) is 0 Å². The van der Waals surface area contributed by atoms with Gasteiger partial charge in [-0.15, -0.1) is 0 Å². The van der Waals surface area contributed by atoms with Crippen molar-refractivity contribution < 1.29 is 14.1 Å². The molecule has 0 aliphatic rings. The molecule has 5 nitrogen and oxygen atoms in total. The van der Waals surface area contributed by atoms with Gasteiger partial charge in [-0.3, -0.25) is 4.79 Å². The molecule has 0 spiro atoms. The first kappa shape index (κ1) is 14.4. The number of anilines is 1. The van der Waals surface area contributed by atoms with Crippen LogP contribution in [0.1, 0.15) is 28.7 Å². The van der Waals surface area contributed by atoms with Gasteiger partial charge in [0.25, 0.3) is 5.91 Å². The van der Waals surface area contributed by atoms with E-state index in [0.29, 0.717) is 39.9 Å². The summed E-state index contributed by atoms with van der Waals surface area (Å²) in [5.41, 5.74) is 1.63. The smallest absolute Gasteiger partial charge is 0.261 e. The molecule has 0 saturated heterocycles. The molecule has 0 aliphatic heterocycles. The van der Waals surface area contributed by atoms with Crippen LogP contribution in [-0.4, -0.2) is 18.2 Å². The highest BCUT2D eigenvalue weighted by Gasteiger charge is 2.19. The number of halogens is 1. The SMILES string of the molecule is CCc1onc(C)c1C(=O)Nc1ccc(OC)c(Cl)c1. The number of aromatic nitrogens is 1. The Bertz CT molecular complexity index is 637. The van der Waals surface area contributed by atoms with Gasteiger partial charge in [0.1, 0.15) is 17.1 Å². The van der Waals surface area contributed by atoms with Crippen molar-refractivity contribution in [3.05, 3.63) is 40.2 Å². The Labute approximate surface area is 121 Å². The summed E-state index contributed by atoms with van der Waals surface area (Å²) >= 11 is 6.02. The fourth-order valence-corrected chi connectivity index (χ4v) is 2.14. The van der Waals surface area contributed by atoms with Gasteiger partial charge in [0.05, 0.1) is 17.8 Å². The van der Waals surface area contributed by atoms with Gasteiger partial charge in [0.15, 0.2) is 0 Å². The highest BCUT2D eigenvalue weighted by Crippen LogP contribution is 2.27. The lowest BCUT2D eigenvalue weighted by Crippen LogP contribution is -2.14. The Morgan fingerprint density at radius 2 is 2.25 bits per heavy atom. The minimum atomic E-state index is -0.262. The molecular formula is C14H15ClN2O3. The Kier molecular flexibility index (Phi) is 4.29. The second-order valence-corrected chi connectivity index (χ2v) is 4.63. The lowest BCUT2D eigenvalue weighted by molar-refractivity contribution is 0.102. The maximum Gasteiger partial charge on any atom is 0.261 e. The van der Waals surface area contributed by atoms with Crippen LogP contribution < -0.4 is 10.1 Å². The maximum atomic E-state index is 12.3. The first-order valence-electron chi connectivity index (χ1n) is 6.16. The topological polar surface area (TPSA) is 64.4 Å². The largest absolute Gasteiger partial charge is 0.495 e. The molecule has 0 fully saturated rings. The van der Waals surface area contributed by atoms with Crippen LogP contribution in [0.25, 0.3) is 0 Å². The second kappa shape index (κ2) is 5.96. The van der Waals surface area contributed by atoms with E-state index < -0.39 is 0 Å². The van der Waals surface area contributed by atoms with Crippen LogP contribution >= 0.6 is 11.6 Å².